The summed E-state index contributed by atoms with van der Waals surface area (Å²) >= 11 is 1.26. The van der Waals surface area contributed by atoms with E-state index in [0.717, 1.165) is 10.8 Å². The molecule has 142 valence electrons. The summed E-state index contributed by atoms with van der Waals surface area (Å²) in [5, 5.41) is 2.18. The predicted molar refractivity (Wildman–Crippen MR) is 96.0 cm³/mol. The summed E-state index contributed by atoms with van der Waals surface area (Å²) in [6, 6.07) is 2.96. The molecule has 0 aromatic carbocycles. The van der Waals surface area contributed by atoms with Crippen molar-refractivity contribution in [2.24, 2.45) is 5.73 Å². The maximum Gasteiger partial charge on any atom is 0.419 e. The smallest absolute Gasteiger partial charge is 0.365 e. The van der Waals surface area contributed by atoms with Crippen LogP contribution in [0.1, 0.15) is 21.6 Å². The normalized spacial score (nSPS) is 11.9. The number of nitrogens with zero attached hydrogens (tertiary/aromatic N) is 5. The minimum atomic E-state index is -4.63. The second-order valence-electron chi connectivity index (χ2n) is 5.81. The fourth-order valence-electron chi connectivity index (χ4n) is 2.89. The lowest BCUT2D eigenvalue weighted by Gasteiger charge is -2.12. The number of aryl methyl sites for hydroxylation is 1. The fraction of sp³-hybridized carbons (Fsp3) is 0.118. The van der Waals surface area contributed by atoms with Gasteiger partial charge in [0.05, 0.1) is 16.8 Å². The number of rotatable bonds is 3. The Morgan fingerprint density at radius 1 is 1.21 bits per heavy atom. The van der Waals surface area contributed by atoms with Crippen molar-refractivity contribution in [3.63, 3.8) is 0 Å². The fourth-order valence-corrected chi connectivity index (χ4v) is 3.46. The van der Waals surface area contributed by atoms with Crippen LogP contribution in [0.3, 0.4) is 0 Å². The molecule has 0 bridgehead atoms. The number of carbonyl (C=O) groups excluding carboxylic acids is 1. The molecule has 0 saturated heterocycles. The molecule has 11 heteroatoms. The lowest BCUT2D eigenvalue weighted by Crippen LogP contribution is -2.19. The Labute approximate surface area is 159 Å². The topological polar surface area (TPSA) is 99.6 Å². The second kappa shape index (κ2) is 6.37. The maximum absolute atomic E-state index is 13.5. The van der Waals surface area contributed by atoms with Crippen LogP contribution in [0.5, 0.6) is 0 Å². The number of alkyl halides is 3. The van der Waals surface area contributed by atoms with Crippen LogP contribution in [0.15, 0.2) is 36.1 Å². The molecule has 7 nitrogen and oxygen atoms in total. The van der Waals surface area contributed by atoms with E-state index in [-0.39, 0.29) is 33.9 Å². The number of pyridine rings is 1. The minimum Gasteiger partial charge on any atom is -0.365 e. The average Bonchev–Trinajstić information content (AvgIpc) is 3.28. The van der Waals surface area contributed by atoms with Crippen LogP contribution in [-0.2, 0) is 6.18 Å². The summed E-state index contributed by atoms with van der Waals surface area (Å²) in [5.74, 6) is -0.719. The minimum absolute atomic E-state index is 0.0568. The molecule has 0 spiro atoms. The monoisotopic (exact) mass is 404 g/mol. The number of thiazole rings is 1. The number of halogens is 3. The summed E-state index contributed by atoms with van der Waals surface area (Å²) < 4.78 is 41.7. The number of amides is 1. The third-order valence-corrected chi connectivity index (χ3v) is 4.80. The highest BCUT2D eigenvalue weighted by Gasteiger charge is 2.36. The van der Waals surface area contributed by atoms with E-state index in [2.05, 4.69) is 19.9 Å². The average molecular weight is 404 g/mol. The Kier molecular flexibility index (Phi) is 4.11. The van der Waals surface area contributed by atoms with Gasteiger partial charge in [-0.15, -0.1) is 11.3 Å². The number of aromatic nitrogens is 5. The van der Waals surface area contributed by atoms with E-state index in [0.29, 0.717) is 5.01 Å². The highest BCUT2D eigenvalue weighted by Crippen LogP contribution is 2.36. The Morgan fingerprint density at radius 3 is 2.64 bits per heavy atom. The number of carbonyl (C=O) groups is 1. The predicted octanol–water partition coefficient (Wildman–Crippen LogP) is 3.37. The first kappa shape index (κ1) is 18.0. The molecular weight excluding hydrogens is 393 g/mol. The van der Waals surface area contributed by atoms with Gasteiger partial charge in [0.2, 0.25) is 0 Å². The van der Waals surface area contributed by atoms with Gasteiger partial charge in [0, 0.05) is 24.0 Å². The highest BCUT2D eigenvalue weighted by molar-refractivity contribution is 7.13. The SMILES string of the molecule is Cc1nc(-c2nccs2)nc(-n2cc(C(F)(F)F)c3ncccc32)c1C(N)=O. The highest BCUT2D eigenvalue weighted by atomic mass is 32.1. The van der Waals surface area contributed by atoms with Crippen molar-refractivity contribution in [3.8, 4) is 16.6 Å². The van der Waals surface area contributed by atoms with Gasteiger partial charge in [-0.2, -0.15) is 13.2 Å². The molecule has 0 radical (unpaired) electrons. The van der Waals surface area contributed by atoms with Gasteiger partial charge in [-0.3, -0.25) is 14.3 Å². The second-order valence-corrected chi connectivity index (χ2v) is 6.71. The lowest BCUT2D eigenvalue weighted by molar-refractivity contribution is -0.136. The van der Waals surface area contributed by atoms with Gasteiger partial charge in [0.15, 0.2) is 16.6 Å². The zero-order valence-electron chi connectivity index (χ0n) is 14.2. The van der Waals surface area contributed by atoms with Crippen LogP contribution < -0.4 is 5.73 Å². The van der Waals surface area contributed by atoms with Crippen LogP contribution in [0, 0.1) is 6.92 Å². The third kappa shape index (κ3) is 2.89. The van der Waals surface area contributed by atoms with Crippen LogP contribution >= 0.6 is 11.3 Å². The van der Waals surface area contributed by atoms with Crippen LogP contribution in [0.25, 0.3) is 27.7 Å². The molecule has 0 saturated carbocycles. The molecule has 0 fully saturated rings. The Hall–Kier alpha value is -3.34. The summed E-state index contributed by atoms with van der Waals surface area (Å²) in [5.41, 5.74) is 4.59. The molecule has 0 unspecified atom stereocenters. The molecule has 28 heavy (non-hydrogen) atoms. The number of nitrogens with two attached hydrogens (primary N) is 1. The van der Waals surface area contributed by atoms with Gasteiger partial charge in [-0.25, -0.2) is 15.0 Å². The summed E-state index contributed by atoms with van der Waals surface area (Å²) in [4.78, 5) is 28.6. The van der Waals surface area contributed by atoms with Gasteiger partial charge in [0.1, 0.15) is 11.1 Å². The summed E-state index contributed by atoms with van der Waals surface area (Å²) in [6.07, 6.45) is -0.956. The van der Waals surface area contributed by atoms with Crippen LogP contribution in [-0.4, -0.2) is 30.4 Å². The zero-order valence-corrected chi connectivity index (χ0v) is 15.0. The largest absolute Gasteiger partial charge is 0.419 e. The molecule has 4 aromatic heterocycles. The van der Waals surface area contributed by atoms with Crippen molar-refractivity contribution >= 4 is 28.3 Å². The Balaban J connectivity index is 2.08. The maximum atomic E-state index is 13.5. The Morgan fingerprint density at radius 2 is 2.00 bits per heavy atom. The molecular formula is C17H11F3N6OS. The zero-order chi connectivity index (χ0) is 20.1. The lowest BCUT2D eigenvalue weighted by atomic mass is 10.2. The van der Waals surface area contributed by atoms with Crippen molar-refractivity contribution in [1.82, 2.24) is 24.5 Å². The third-order valence-electron chi connectivity index (χ3n) is 4.03. The van der Waals surface area contributed by atoms with Gasteiger partial charge in [0.25, 0.3) is 5.91 Å². The quantitative estimate of drug-likeness (QED) is 0.564. The molecule has 4 aromatic rings. The molecule has 0 aliphatic heterocycles. The summed E-state index contributed by atoms with van der Waals surface area (Å²) in [6.45, 7) is 1.54. The van der Waals surface area contributed by atoms with Crippen molar-refractivity contribution in [1.29, 1.82) is 0 Å². The van der Waals surface area contributed by atoms with E-state index >= 15 is 0 Å². The number of hydrogen-bond acceptors (Lipinski definition) is 6. The van der Waals surface area contributed by atoms with E-state index < -0.39 is 17.6 Å². The van der Waals surface area contributed by atoms with Crippen molar-refractivity contribution in [2.75, 3.05) is 0 Å². The number of primary amides is 1. The van der Waals surface area contributed by atoms with Gasteiger partial charge >= 0.3 is 6.18 Å². The van der Waals surface area contributed by atoms with Gasteiger partial charge < -0.3 is 5.73 Å². The van der Waals surface area contributed by atoms with Gasteiger partial charge in [-0.1, -0.05) is 0 Å². The molecule has 0 aliphatic rings. The number of hydrogen-bond donors (Lipinski definition) is 1. The van der Waals surface area contributed by atoms with Crippen molar-refractivity contribution in [3.05, 3.63) is 52.9 Å². The van der Waals surface area contributed by atoms with Gasteiger partial charge in [-0.05, 0) is 19.1 Å². The standard InChI is InChI=1S/C17H11F3N6OS/c1-8-11(13(21)27)15(25-14(24-8)16-23-5-6-28-16)26-7-9(17(18,19)20)12-10(26)3-2-4-22-12/h2-7H,1H3,(H2,21,27). The van der Waals surface area contributed by atoms with E-state index in [4.69, 9.17) is 5.73 Å². The van der Waals surface area contributed by atoms with Crippen molar-refractivity contribution < 1.29 is 18.0 Å². The first-order chi connectivity index (χ1) is 13.3. The number of fused-ring (bicyclic) bond motifs is 1. The van der Waals surface area contributed by atoms with E-state index in [1.807, 2.05) is 0 Å². The van der Waals surface area contributed by atoms with Crippen LogP contribution in [0.2, 0.25) is 0 Å². The first-order valence-electron chi connectivity index (χ1n) is 7.89. The van der Waals surface area contributed by atoms with Crippen LogP contribution in [0.4, 0.5) is 13.2 Å². The van der Waals surface area contributed by atoms with Crippen molar-refractivity contribution in [2.45, 2.75) is 13.1 Å². The molecule has 0 atom stereocenters. The van der Waals surface area contributed by atoms with E-state index in [1.54, 1.807) is 11.6 Å². The molecule has 4 heterocycles. The first-order valence-corrected chi connectivity index (χ1v) is 8.77. The Bertz CT molecular complexity index is 1200. The molecule has 2 N–H and O–H groups in total. The van der Waals surface area contributed by atoms with E-state index in [9.17, 15) is 18.0 Å². The molecule has 4 rings (SSSR count). The molecule has 1 amide bonds. The van der Waals surface area contributed by atoms with E-state index in [1.165, 1.54) is 36.6 Å². The molecule has 0 aliphatic carbocycles. The summed E-state index contributed by atoms with van der Waals surface area (Å²) in [7, 11) is 0.